The molecule has 2 rings (SSSR count). The molecule has 0 aliphatic rings. The molecule has 1 atom stereocenters. The Bertz CT molecular complexity index is 564. The monoisotopic (exact) mass is 332 g/mol. The van der Waals surface area contributed by atoms with Gasteiger partial charge in [0.25, 0.3) is 0 Å². The topological polar surface area (TPSA) is 38.9 Å². The van der Waals surface area contributed by atoms with E-state index in [1.54, 1.807) is 6.07 Å². The molecule has 2 N–H and O–H groups in total. The van der Waals surface area contributed by atoms with E-state index >= 15 is 0 Å². The lowest BCUT2D eigenvalue weighted by atomic mass is 10.1. The Kier molecular flexibility index (Phi) is 3.89. The Morgan fingerprint density at radius 2 is 1.94 bits per heavy atom. The Hall–Kier alpha value is -0.340. The number of nitrogens with two attached hydrogens (primary N) is 1. The molecule has 0 radical (unpaired) electrons. The van der Waals surface area contributed by atoms with E-state index < -0.39 is 17.2 Å². The van der Waals surface area contributed by atoms with Crippen molar-refractivity contribution in [1.82, 2.24) is 4.98 Å². The van der Waals surface area contributed by atoms with Crippen molar-refractivity contribution in [3.05, 3.63) is 36.4 Å². The summed E-state index contributed by atoms with van der Waals surface area (Å²) < 4.78 is 38.0. The third-order valence-electron chi connectivity index (χ3n) is 2.09. The number of hydrogen-bond donors (Lipinski definition) is 1. The van der Waals surface area contributed by atoms with Crippen LogP contribution >= 0.6 is 45.9 Å². The molecule has 0 bridgehead atoms. The van der Waals surface area contributed by atoms with E-state index in [1.165, 1.54) is 0 Å². The summed E-state index contributed by atoms with van der Waals surface area (Å²) in [7, 11) is 0. The first-order chi connectivity index (χ1) is 8.29. The van der Waals surface area contributed by atoms with Crippen molar-refractivity contribution in [1.29, 1.82) is 0 Å². The average molecular weight is 333 g/mol. The minimum absolute atomic E-state index is 0.290. The third kappa shape index (κ3) is 2.80. The molecule has 2 heterocycles. The van der Waals surface area contributed by atoms with E-state index in [9.17, 15) is 13.2 Å². The standard InChI is InChI=1S/C9H5Cl2F3N2S2/c10-5-1-3(7(11)18-5)6(15)4-2-16-8(17-4)9(12,13)14/h1-2,6H,15H2. The smallest absolute Gasteiger partial charge is 0.319 e. The normalized spacial score (nSPS) is 13.9. The van der Waals surface area contributed by atoms with E-state index in [0.29, 0.717) is 30.5 Å². The largest absolute Gasteiger partial charge is 0.443 e. The first-order valence-corrected chi connectivity index (χ1v) is 6.91. The molecule has 18 heavy (non-hydrogen) atoms. The second kappa shape index (κ2) is 4.97. The van der Waals surface area contributed by atoms with Gasteiger partial charge in [0, 0.05) is 16.6 Å². The number of rotatable bonds is 2. The summed E-state index contributed by atoms with van der Waals surface area (Å²) in [4.78, 5) is 3.60. The zero-order valence-corrected chi connectivity index (χ0v) is 11.6. The van der Waals surface area contributed by atoms with Gasteiger partial charge < -0.3 is 5.73 Å². The zero-order valence-electron chi connectivity index (χ0n) is 8.46. The highest BCUT2D eigenvalue weighted by Crippen LogP contribution is 2.39. The highest BCUT2D eigenvalue weighted by Gasteiger charge is 2.35. The summed E-state index contributed by atoms with van der Waals surface area (Å²) in [6.07, 6.45) is -3.35. The molecular weight excluding hydrogens is 328 g/mol. The summed E-state index contributed by atoms with van der Waals surface area (Å²) in [6.45, 7) is 0. The predicted molar refractivity (Wildman–Crippen MR) is 67.5 cm³/mol. The number of nitrogens with zero attached hydrogens (tertiary/aromatic N) is 1. The molecule has 0 spiro atoms. The molecule has 9 heteroatoms. The number of aromatic nitrogens is 1. The van der Waals surface area contributed by atoms with Gasteiger partial charge in [0.2, 0.25) is 0 Å². The van der Waals surface area contributed by atoms with E-state index in [1.807, 2.05) is 0 Å². The maximum Gasteiger partial charge on any atom is 0.443 e. The van der Waals surface area contributed by atoms with Crippen molar-refractivity contribution in [2.75, 3.05) is 0 Å². The molecular formula is C9H5Cl2F3N2S2. The molecule has 0 aromatic carbocycles. The summed E-state index contributed by atoms with van der Waals surface area (Å²) in [5, 5.41) is -0.926. The lowest BCUT2D eigenvalue weighted by Gasteiger charge is -2.07. The van der Waals surface area contributed by atoms with Gasteiger partial charge in [-0.3, -0.25) is 0 Å². The van der Waals surface area contributed by atoms with Crippen LogP contribution in [0, 0.1) is 0 Å². The molecule has 0 fully saturated rings. The average Bonchev–Trinajstić information content (AvgIpc) is 2.83. The Labute approximate surface area is 118 Å². The quantitative estimate of drug-likeness (QED) is 0.874. The van der Waals surface area contributed by atoms with E-state index in [4.69, 9.17) is 28.9 Å². The van der Waals surface area contributed by atoms with Crippen molar-refractivity contribution in [2.45, 2.75) is 12.2 Å². The van der Waals surface area contributed by atoms with Crippen LogP contribution in [0.5, 0.6) is 0 Å². The maximum absolute atomic E-state index is 12.4. The number of thiazole rings is 1. The Morgan fingerprint density at radius 3 is 2.39 bits per heavy atom. The van der Waals surface area contributed by atoms with Gasteiger partial charge in [0.05, 0.1) is 14.7 Å². The van der Waals surface area contributed by atoms with Gasteiger partial charge in [-0.2, -0.15) is 13.2 Å². The van der Waals surface area contributed by atoms with Crippen molar-refractivity contribution >= 4 is 45.9 Å². The second-order valence-electron chi connectivity index (χ2n) is 3.32. The van der Waals surface area contributed by atoms with Crippen LogP contribution in [0.3, 0.4) is 0 Å². The molecule has 98 valence electrons. The summed E-state index contributed by atoms with van der Waals surface area (Å²) in [6, 6.07) is 0.793. The molecule has 0 saturated heterocycles. The summed E-state index contributed by atoms with van der Waals surface area (Å²) >= 11 is 13.3. The van der Waals surface area contributed by atoms with Gasteiger partial charge in [0.15, 0.2) is 5.01 Å². The second-order valence-corrected chi connectivity index (χ2v) is 6.67. The van der Waals surface area contributed by atoms with E-state index in [0.717, 1.165) is 17.5 Å². The van der Waals surface area contributed by atoms with Gasteiger partial charge in [-0.1, -0.05) is 23.2 Å². The zero-order chi connectivity index (χ0) is 13.5. The lowest BCUT2D eigenvalue weighted by molar-refractivity contribution is -0.137. The fraction of sp³-hybridized carbons (Fsp3) is 0.222. The fourth-order valence-electron chi connectivity index (χ4n) is 1.28. The highest BCUT2D eigenvalue weighted by molar-refractivity contribution is 7.20. The van der Waals surface area contributed by atoms with Gasteiger partial charge in [0.1, 0.15) is 0 Å². The van der Waals surface area contributed by atoms with Crippen LogP contribution in [-0.2, 0) is 6.18 Å². The van der Waals surface area contributed by atoms with Crippen molar-refractivity contribution in [3.8, 4) is 0 Å². The van der Waals surface area contributed by atoms with Crippen molar-refractivity contribution in [3.63, 3.8) is 0 Å². The molecule has 2 aromatic rings. The van der Waals surface area contributed by atoms with Gasteiger partial charge in [-0.15, -0.1) is 22.7 Å². The van der Waals surface area contributed by atoms with E-state index in [-0.39, 0.29) is 0 Å². The third-order valence-corrected chi connectivity index (χ3v) is 4.73. The molecule has 1 unspecified atom stereocenters. The fourth-order valence-corrected chi connectivity index (χ4v) is 3.63. The van der Waals surface area contributed by atoms with Gasteiger partial charge >= 0.3 is 6.18 Å². The van der Waals surface area contributed by atoms with Gasteiger partial charge in [-0.05, 0) is 6.07 Å². The van der Waals surface area contributed by atoms with Crippen LogP contribution in [0.25, 0.3) is 0 Å². The van der Waals surface area contributed by atoms with E-state index in [2.05, 4.69) is 4.98 Å². The van der Waals surface area contributed by atoms with Crippen molar-refractivity contribution in [2.24, 2.45) is 5.73 Å². The Morgan fingerprint density at radius 1 is 1.28 bits per heavy atom. The minimum atomic E-state index is -4.46. The molecule has 2 nitrogen and oxygen atoms in total. The summed E-state index contributed by atoms with van der Waals surface area (Å²) in [5.41, 5.74) is 6.36. The van der Waals surface area contributed by atoms with Crippen LogP contribution in [0.15, 0.2) is 12.3 Å². The molecule has 0 aliphatic heterocycles. The first kappa shape index (κ1) is 14.1. The van der Waals surface area contributed by atoms with Crippen LogP contribution < -0.4 is 5.73 Å². The minimum Gasteiger partial charge on any atom is -0.319 e. The van der Waals surface area contributed by atoms with Crippen LogP contribution in [0.4, 0.5) is 13.2 Å². The number of halogens is 5. The maximum atomic E-state index is 12.4. The van der Waals surface area contributed by atoms with Crippen LogP contribution in [-0.4, -0.2) is 4.98 Å². The first-order valence-electron chi connectivity index (χ1n) is 4.52. The SMILES string of the molecule is NC(c1cnc(C(F)(F)F)s1)c1cc(Cl)sc1Cl. The molecule has 0 amide bonds. The molecule has 0 saturated carbocycles. The summed E-state index contributed by atoms with van der Waals surface area (Å²) in [5.74, 6) is 0. The number of alkyl halides is 3. The van der Waals surface area contributed by atoms with Crippen molar-refractivity contribution < 1.29 is 13.2 Å². The number of thiophene rings is 1. The lowest BCUT2D eigenvalue weighted by Crippen LogP contribution is -2.09. The Balaban J connectivity index is 2.32. The molecule has 0 aliphatic carbocycles. The molecule has 2 aromatic heterocycles. The van der Waals surface area contributed by atoms with Crippen LogP contribution in [0.2, 0.25) is 8.67 Å². The van der Waals surface area contributed by atoms with Gasteiger partial charge in [-0.25, -0.2) is 4.98 Å². The number of hydrogen-bond acceptors (Lipinski definition) is 4. The highest BCUT2D eigenvalue weighted by atomic mass is 35.5. The van der Waals surface area contributed by atoms with Crippen LogP contribution in [0.1, 0.15) is 21.5 Å². The predicted octanol–water partition coefficient (Wildman–Crippen LogP) is 4.58.